The van der Waals surface area contributed by atoms with Crippen LogP contribution in [0.15, 0.2) is 76.9 Å². The van der Waals surface area contributed by atoms with E-state index in [1.807, 2.05) is 94.4 Å². The lowest BCUT2D eigenvalue weighted by Crippen LogP contribution is -2.25. The van der Waals surface area contributed by atoms with E-state index in [1.54, 1.807) is 0 Å². The van der Waals surface area contributed by atoms with Crippen LogP contribution in [0.3, 0.4) is 0 Å². The van der Waals surface area contributed by atoms with Gasteiger partial charge in [-0.1, -0.05) is 30.3 Å². The Bertz CT molecular complexity index is 1160. The minimum absolute atomic E-state index is 0.401. The summed E-state index contributed by atoms with van der Waals surface area (Å²) in [5, 5.41) is 15.7. The zero-order chi connectivity index (χ0) is 24.5. The normalized spacial score (nSPS) is 11.5. The van der Waals surface area contributed by atoms with E-state index in [9.17, 15) is 0 Å². The van der Waals surface area contributed by atoms with Crippen LogP contribution in [-0.2, 0) is 0 Å². The van der Waals surface area contributed by atoms with Crippen molar-refractivity contribution in [3.63, 3.8) is 0 Å². The van der Waals surface area contributed by atoms with E-state index in [0.29, 0.717) is 33.0 Å². The second-order valence-corrected chi connectivity index (χ2v) is 8.49. The van der Waals surface area contributed by atoms with Crippen molar-refractivity contribution in [1.29, 1.82) is 0 Å². The summed E-state index contributed by atoms with van der Waals surface area (Å²) in [5.41, 5.74) is 12.6. The van der Waals surface area contributed by atoms with Crippen LogP contribution >= 0.6 is 24.4 Å². The first-order chi connectivity index (χ1) is 16.3. The molecule has 4 N–H and O–H groups in total. The fourth-order valence-electron chi connectivity index (χ4n) is 2.99. The highest BCUT2D eigenvalue weighted by Crippen LogP contribution is 2.10. The van der Waals surface area contributed by atoms with Crippen molar-refractivity contribution < 1.29 is 0 Å². The predicted octanol–water partition coefficient (Wildman–Crippen LogP) is 5.12. The van der Waals surface area contributed by atoms with E-state index in [0.717, 1.165) is 22.5 Å². The molecule has 0 aliphatic rings. The van der Waals surface area contributed by atoms with Crippen molar-refractivity contribution in [1.82, 2.24) is 15.8 Å². The molecule has 0 aliphatic heterocycles. The van der Waals surface area contributed by atoms with Gasteiger partial charge in [-0.05, 0) is 99.7 Å². The number of aryl methyl sites for hydroxylation is 2. The molecule has 3 rings (SSSR count). The maximum atomic E-state index is 5.33. The summed E-state index contributed by atoms with van der Waals surface area (Å²) < 4.78 is 0. The molecular formula is C25H27N7S2. The minimum Gasteiger partial charge on any atom is -0.331 e. The molecule has 0 spiro atoms. The van der Waals surface area contributed by atoms with Crippen LogP contribution < -0.4 is 21.5 Å². The number of rotatable bonds is 6. The number of hydrogen-bond donors (Lipinski definition) is 4. The summed E-state index contributed by atoms with van der Waals surface area (Å²) in [6.45, 7) is 7.77. The number of aromatic nitrogens is 1. The van der Waals surface area contributed by atoms with Crippen molar-refractivity contribution in [3.8, 4) is 0 Å². The second kappa shape index (κ2) is 12.0. The predicted molar refractivity (Wildman–Crippen MR) is 150 cm³/mol. The lowest BCUT2D eigenvalue weighted by atomic mass is 10.2. The minimum atomic E-state index is 0.401. The molecule has 1 aromatic heterocycles. The Morgan fingerprint density at radius 1 is 0.676 bits per heavy atom. The van der Waals surface area contributed by atoms with Gasteiger partial charge in [0.05, 0.1) is 22.8 Å². The lowest BCUT2D eigenvalue weighted by molar-refractivity contribution is 1.02. The van der Waals surface area contributed by atoms with Gasteiger partial charge in [-0.2, -0.15) is 10.2 Å². The van der Waals surface area contributed by atoms with Crippen LogP contribution in [0, 0.1) is 13.8 Å². The Morgan fingerprint density at radius 2 is 1.09 bits per heavy atom. The lowest BCUT2D eigenvalue weighted by Gasteiger charge is -2.10. The Hall–Kier alpha value is -3.69. The van der Waals surface area contributed by atoms with Crippen LogP contribution in [0.25, 0.3) is 0 Å². The average Bonchev–Trinajstić information content (AvgIpc) is 2.81. The molecule has 1 heterocycles. The molecule has 9 heteroatoms. The molecule has 174 valence electrons. The molecule has 0 unspecified atom stereocenters. The van der Waals surface area contributed by atoms with E-state index >= 15 is 0 Å². The van der Waals surface area contributed by atoms with Gasteiger partial charge in [-0.3, -0.25) is 10.9 Å². The van der Waals surface area contributed by atoms with Gasteiger partial charge in [0.15, 0.2) is 10.2 Å². The van der Waals surface area contributed by atoms with Crippen LogP contribution in [0.2, 0.25) is 0 Å². The molecule has 0 saturated heterocycles. The summed E-state index contributed by atoms with van der Waals surface area (Å²) in [6, 6.07) is 21.6. The van der Waals surface area contributed by atoms with E-state index < -0.39 is 0 Å². The van der Waals surface area contributed by atoms with Crippen LogP contribution in [0.4, 0.5) is 11.4 Å². The summed E-state index contributed by atoms with van der Waals surface area (Å²) in [6.07, 6.45) is 0. The Labute approximate surface area is 210 Å². The first-order valence-corrected chi connectivity index (χ1v) is 11.5. The fourth-order valence-corrected chi connectivity index (χ4v) is 3.31. The monoisotopic (exact) mass is 489 g/mol. The van der Waals surface area contributed by atoms with E-state index in [1.165, 1.54) is 0 Å². The van der Waals surface area contributed by atoms with Gasteiger partial charge in [0, 0.05) is 11.4 Å². The average molecular weight is 490 g/mol. The van der Waals surface area contributed by atoms with Gasteiger partial charge in [0.2, 0.25) is 0 Å². The first-order valence-electron chi connectivity index (χ1n) is 10.6. The number of hydrazone groups is 2. The third-order valence-electron chi connectivity index (χ3n) is 4.69. The van der Waals surface area contributed by atoms with Gasteiger partial charge in [0.1, 0.15) is 0 Å². The van der Waals surface area contributed by atoms with Gasteiger partial charge in [-0.15, -0.1) is 0 Å². The third-order valence-corrected chi connectivity index (χ3v) is 5.08. The second-order valence-electron chi connectivity index (χ2n) is 7.67. The van der Waals surface area contributed by atoms with E-state index in [4.69, 9.17) is 24.4 Å². The number of nitrogens with one attached hydrogen (secondary N) is 4. The highest BCUT2D eigenvalue weighted by molar-refractivity contribution is 7.80. The zero-order valence-corrected chi connectivity index (χ0v) is 21.1. The van der Waals surface area contributed by atoms with Crippen molar-refractivity contribution in [3.05, 3.63) is 89.2 Å². The van der Waals surface area contributed by atoms with Gasteiger partial charge < -0.3 is 10.6 Å². The smallest absolute Gasteiger partial charge is 0.191 e. The Kier molecular flexibility index (Phi) is 8.78. The Balaban J connectivity index is 1.59. The van der Waals surface area contributed by atoms with Crippen molar-refractivity contribution >= 4 is 57.5 Å². The van der Waals surface area contributed by atoms with Crippen molar-refractivity contribution in [2.45, 2.75) is 27.7 Å². The summed E-state index contributed by atoms with van der Waals surface area (Å²) >= 11 is 10.7. The molecule has 0 aliphatic carbocycles. The van der Waals surface area contributed by atoms with E-state index in [-0.39, 0.29) is 0 Å². The molecule has 3 aromatic rings. The van der Waals surface area contributed by atoms with Gasteiger partial charge in [-0.25, -0.2) is 4.98 Å². The number of hydrogen-bond acceptors (Lipinski definition) is 5. The third kappa shape index (κ3) is 7.72. The molecule has 0 saturated carbocycles. The number of nitrogens with zero attached hydrogens (tertiary/aromatic N) is 3. The molecule has 34 heavy (non-hydrogen) atoms. The zero-order valence-electron chi connectivity index (χ0n) is 19.5. The highest BCUT2D eigenvalue weighted by Gasteiger charge is 2.06. The van der Waals surface area contributed by atoms with Gasteiger partial charge >= 0.3 is 0 Å². The molecule has 7 nitrogen and oxygen atoms in total. The number of pyridine rings is 1. The molecular weight excluding hydrogens is 462 g/mol. The largest absolute Gasteiger partial charge is 0.331 e. The van der Waals surface area contributed by atoms with Crippen molar-refractivity contribution in [2.75, 3.05) is 10.6 Å². The topological polar surface area (TPSA) is 85.7 Å². The fraction of sp³-hybridized carbons (Fsp3) is 0.160. The van der Waals surface area contributed by atoms with Gasteiger partial charge in [0.25, 0.3) is 0 Å². The molecule has 0 bridgehead atoms. The summed E-state index contributed by atoms with van der Waals surface area (Å²) in [4.78, 5) is 4.65. The number of anilines is 2. The SMILES string of the molecule is C/C(=N\NC(=S)Nc1cccc(C)c1)c1cccc(/C(C)=N/NC(=S)Nc2cccc(C)c2)n1. The number of benzene rings is 2. The highest BCUT2D eigenvalue weighted by atomic mass is 32.1. The van der Waals surface area contributed by atoms with E-state index in [2.05, 4.69) is 36.7 Å². The summed E-state index contributed by atoms with van der Waals surface area (Å²) in [7, 11) is 0. The number of thiocarbonyl (C=S) groups is 2. The molecule has 0 fully saturated rings. The quantitative estimate of drug-likeness (QED) is 0.217. The van der Waals surface area contributed by atoms with Crippen LogP contribution in [-0.4, -0.2) is 26.6 Å². The maximum Gasteiger partial charge on any atom is 0.191 e. The van der Waals surface area contributed by atoms with Crippen LogP contribution in [0.5, 0.6) is 0 Å². The van der Waals surface area contributed by atoms with Crippen molar-refractivity contribution in [2.24, 2.45) is 10.2 Å². The molecule has 0 amide bonds. The molecule has 2 aromatic carbocycles. The standard InChI is InChI=1S/C25H27N7S2/c1-16-8-5-10-20(14-16)26-24(33)31-29-18(3)22-12-7-13-23(28-22)19(4)30-32-25(34)27-21-11-6-9-17(2)15-21/h5-15H,1-4H3,(H2,26,31,33)(H2,27,32,34)/b29-18+,30-19+. The first kappa shape index (κ1) is 24.9. The Morgan fingerprint density at radius 3 is 1.50 bits per heavy atom. The maximum absolute atomic E-state index is 5.33. The molecule has 0 radical (unpaired) electrons. The van der Waals surface area contributed by atoms with Crippen LogP contribution in [0.1, 0.15) is 36.4 Å². The summed E-state index contributed by atoms with van der Waals surface area (Å²) in [5.74, 6) is 0. The molecule has 0 atom stereocenters.